The molecule has 3 aliphatic heterocycles. The Morgan fingerprint density at radius 3 is 1.29 bits per heavy atom. The van der Waals surface area contributed by atoms with Crippen LogP contribution in [0.25, 0.3) is 44.6 Å². The van der Waals surface area contributed by atoms with Gasteiger partial charge in [-0.3, -0.25) is 9.59 Å². The summed E-state index contributed by atoms with van der Waals surface area (Å²) in [6.45, 7) is 0.0782. The molecule has 0 radical (unpaired) electrons. The van der Waals surface area contributed by atoms with E-state index in [1.165, 1.54) is 19.1 Å². The number of rotatable bonds is 10. The zero-order valence-electron chi connectivity index (χ0n) is 39.0. The lowest BCUT2D eigenvalue weighted by Gasteiger charge is -2.42. The van der Waals surface area contributed by atoms with Gasteiger partial charge in [0.05, 0.1) is 19.3 Å². The summed E-state index contributed by atoms with van der Waals surface area (Å²) in [6, 6.07) is 10.6. The van der Waals surface area contributed by atoms with Crippen molar-refractivity contribution in [3.8, 4) is 80.1 Å². The van der Waals surface area contributed by atoms with Gasteiger partial charge in [-0.2, -0.15) is 0 Å². The van der Waals surface area contributed by atoms with Gasteiger partial charge in [-0.25, -0.2) is 0 Å². The Bertz CT molecular complexity index is 3210. The molecule has 0 aliphatic carbocycles. The molecule has 5 heterocycles. The maximum absolute atomic E-state index is 13.6. The van der Waals surface area contributed by atoms with Gasteiger partial charge in [-0.05, 0) is 43.3 Å². The molecule has 0 spiro atoms. The summed E-state index contributed by atoms with van der Waals surface area (Å²) in [7, 11) is 0. The summed E-state index contributed by atoms with van der Waals surface area (Å²) >= 11 is 0. The molecule has 76 heavy (non-hydrogen) atoms. The van der Waals surface area contributed by atoms with E-state index in [0.717, 1.165) is 48.5 Å². The molecule has 2 aromatic heterocycles. The number of aliphatic hydroxyl groups excluding tert-OH is 10. The van der Waals surface area contributed by atoms with E-state index in [0.29, 0.717) is 0 Å². The maximum atomic E-state index is 13.6. The van der Waals surface area contributed by atoms with E-state index in [9.17, 15) is 102 Å². The maximum Gasteiger partial charge on any atom is 0.239 e. The minimum Gasteiger partial charge on any atom is -0.508 e. The summed E-state index contributed by atoms with van der Waals surface area (Å²) < 4.78 is 44.3. The normalized spacial score (nSPS) is 29.6. The summed E-state index contributed by atoms with van der Waals surface area (Å²) in [5.41, 5.74) is -2.54. The third kappa shape index (κ3) is 10.5. The highest BCUT2D eigenvalue weighted by atomic mass is 16.7. The van der Waals surface area contributed by atoms with Crippen molar-refractivity contribution in [1.82, 2.24) is 0 Å². The zero-order valence-corrected chi connectivity index (χ0v) is 39.0. The first-order valence-electron chi connectivity index (χ1n) is 22.7. The minimum atomic E-state index is -1.97. The molecule has 3 fully saturated rings. The Labute approximate surface area is 423 Å². The molecule has 3 aliphatic rings. The summed E-state index contributed by atoms with van der Waals surface area (Å²) in [4.78, 5) is 26.8. The van der Waals surface area contributed by atoms with E-state index in [1.54, 1.807) is 0 Å². The Morgan fingerprint density at radius 2 is 0.855 bits per heavy atom. The fourth-order valence-corrected chi connectivity index (χ4v) is 8.35. The molecule has 410 valence electrons. The smallest absolute Gasteiger partial charge is 0.239 e. The molecule has 0 unspecified atom stereocenters. The predicted molar refractivity (Wildman–Crippen MR) is 249 cm³/mol. The Kier molecular flexibility index (Phi) is 15.7. The van der Waals surface area contributed by atoms with Gasteiger partial charge < -0.3 is 129 Å². The van der Waals surface area contributed by atoms with Gasteiger partial charge in [0.15, 0.2) is 40.8 Å². The highest BCUT2D eigenvalue weighted by Gasteiger charge is 2.49. The third-order valence-electron chi connectivity index (χ3n) is 12.5. The van der Waals surface area contributed by atoms with Gasteiger partial charge in [0.1, 0.15) is 112 Å². The van der Waals surface area contributed by atoms with Crippen LogP contribution in [0, 0.1) is 0 Å². The van der Waals surface area contributed by atoms with Gasteiger partial charge in [0.25, 0.3) is 0 Å². The first-order valence-corrected chi connectivity index (χ1v) is 22.7. The zero-order chi connectivity index (χ0) is 55.3. The van der Waals surface area contributed by atoms with Crippen LogP contribution in [0.1, 0.15) is 6.92 Å². The van der Waals surface area contributed by atoms with Gasteiger partial charge in [-0.15, -0.1) is 0 Å². The molecule has 28 heteroatoms. The molecular formula is C48H50O28. The van der Waals surface area contributed by atoms with Crippen LogP contribution in [0.15, 0.2) is 79.1 Å². The number of hydrogen-bond donors (Lipinski definition) is 18. The van der Waals surface area contributed by atoms with Crippen molar-refractivity contribution < 1.29 is 129 Å². The van der Waals surface area contributed by atoms with E-state index in [2.05, 4.69) is 0 Å². The van der Waals surface area contributed by atoms with Crippen molar-refractivity contribution in [3.05, 3.63) is 81.1 Å². The topological polar surface area (TPSA) is 480 Å². The number of ether oxygens (including phenoxy) is 6. The SMILES string of the molecule is C[C@@H]1O[C@@H](OC[C@H]2O[C@@H](Oc3c(-c4ccc(O)c(O)c4)oc4cc(O)cc(O)c4c3=O)[C@H](O)[C@@H](O)[C@@H]2O)[C@H](O)[C@H](O)[C@H]1O.O=c1c(O[C@@H]2O[C@H](CO)[C@@H](O)[C@H](O)[C@H]2O)c(-c2ccc(O)c(O)c2)oc2cc(O)cc(O)c12. The van der Waals surface area contributed by atoms with Crippen LogP contribution >= 0.6 is 0 Å². The largest absolute Gasteiger partial charge is 0.508 e. The van der Waals surface area contributed by atoms with Crippen LogP contribution in [0.5, 0.6) is 57.5 Å². The second-order valence-corrected chi connectivity index (χ2v) is 17.7. The minimum absolute atomic E-state index is 0.0201. The molecule has 6 aromatic rings. The molecular weight excluding hydrogens is 1020 g/mol. The molecule has 28 nitrogen and oxygen atoms in total. The fraction of sp³-hybridized carbons (Fsp3) is 0.375. The molecule has 9 rings (SSSR count). The van der Waals surface area contributed by atoms with E-state index in [-0.39, 0.29) is 33.4 Å². The summed E-state index contributed by atoms with van der Waals surface area (Å²) in [5.74, 6) is -6.38. The van der Waals surface area contributed by atoms with Crippen molar-refractivity contribution in [3.63, 3.8) is 0 Å². The van der Waals surface area contributed by atoms with Crippen molar-refractivity contribution in [2.24, 2.45) is 0 Å². The standard InChI is InChI=1S/C27H30O16.C21H20O12/c1-8-17(32)20(35)22(37)26(40-8)39-7-15-18(33)21(36)23(38)27(42-15)43-25-19(34)16-13(31)5-10(28)6-14(16)41-24(25)9-2-3-11(29)12(30)4-9;22-6-13-15(27)17(29)18(30)21(32-13)33-20-16(28)14-11(26)4-8(23)5-12(14)31-19(20)7-1-2-9(24)10(25)3-7/h2-6,8,15,17-18,20-23,26-33,35-38H,7H2,1H3;1-5,13,15,17-18,21-27,29-30H,6H2/t8-,15+,17-,18+,20+,21-,22+,23+,26+,27-;13-,15-,17+,18-,21+/m01/s1. The highest BCUT2D eigenvalue weighted by molar-refractivity contribution is 5.89. The first-order chi connectivity index (χ1) is 35.9. The van der Waals surface area contributed by atoms with Crippen LogP contribution < -0.4 is 20.3 Å². The lowest BCUT2D eigenvalue weighted by atomic mass is 9.98. The van der Waals surface area contributed by atoms with E-state index >= 15 is 0 Å². The van der Waals surface area contributed by atoms with Crippen molar-refractivity contribution >= 4 is 21.9 Å². The fourth-order valence-electron chi connectivity index (χ4n) is 8.35. The summed E-state index contributed by atoms with van der Waals surface area (Å²) in [5, 5.41) is 180. The second kappa shape index (κ2) is 21.8. The summed E-state index contributed by atoms with van der Waals surface area (Å²) in [6.07, 6.45) is -24.6. The Hall–Kier alpha value is -7.26. The average molecular weight is 1070 g/mol. The van der Waals surface area contributed by atoms with Crippen molar-refractivity contribution in [2.45, 2.75) is 99.0 Å². The lowest BCUT2D eigenvalue weighted by Crippen LogP contribution is -2.61. The number of fused-ring (bicyclic) bond motifs is 2. The Balaban J connectivity index is 0.000000209. The van der Waals surface area contributed by atoms with Gasteiger partial charge >= 0.3 is 0 Å². The number of hydrogen-bond acceptors (Lipinski definition) is 28. The molecule has 3 saturated heterocycles. The van der Waals surface area contributed by atoms with Crippen LogP contribution in [-0.2, 0) is 18.9 Å². The van der Waals surface area contributed by atoms with Crippen LogP contribution in [-0.4, -0.2) is 197 Å². The van der Waals surface area contributed by atoms with Crippen LogP contribution in [0.3, 0.4) is 0 Å². The number of aromatic hydroxyl groups is 8. The molecule has 0 saturated carbocycles. The molecule has 0 amide bonds. The highest BCUT2D eigenvalue weighted by Crippen LogP contribution is 2.42. The van der Waals surface area contributed by atoms with E-state index in [1.807, 2.05) is 0 Å². The van der Waals surface area contributed by atoms with Gasteiger partial charge in [-0.1, -0.05) is 0 Å². The third-order valence-corrected chi connectivity index (χ3v) is 12.5. The number of aliphatic hydroxyl groups is 10. The quantitative estimate of drug-likeness (QED) is 0.0646. The van der Waals surface area contributed by atoms with Gasteiger partial charge in [0.2, 0.25) is 34.9 Å². The second-order valence-electron chi connectivity index (χ2n) is 17.7. The van der Waals surface area contributed by atoms with E-state index < -0.39 is 185 Å². The van der Waals surface area contributed by atoms with Crippen molar-refractivity contribution in [1.29, 1.82) is 0 Å². The lowest BCUT2D eigenvalue weighted by molar-refractivity contribution is -0.318. The van der Waals surface area contributed by atoms with Crippen molar-refractivity contribution in [2.75, 3.05) is 13.2 Å². The van der Waals surface area contributed by atoms with Crippen LogP contribution in [0.4, 0.5) is 0 Å². The van der Waals surface area contributed by atoms with Gasteiger partial charge in [0, 0.05) is 35.4 Å². The average Bonchev–Trinajstić information content (AvgIpc) is 3.39. The first kappa shape index (κ1) is 55.0. The Morgan fingerprint density at radius 1 is 0.447 bits per heavy atom. The molecule has 18 N–H and O–H groups in total. The molecule has 0 bridgehead atoms. The van der Waals surface area contributed by atoms with Crippen LogP contribution in [0.2, 0.25) is 0 Å². The number of benzene rings is 4. The number of phenols is 8. The predicted octanol–water partition coefficient (Wildman–Crippen LogP) is -2.23. The monoisotopic (exact) mass is 1070 g/mol. The molecule has 15 atom stereocenters. The van der Waals surface area contributed by atoms with E-state index in [4.69, 9.17) is 37.3 Å². The molecule has 4 aromatic carbocycles. The number of phenolic OH excluding ortho intramolecular Hbond substituents is 8.